The van der Waals surface area contributed by atoms with Crippen LogP contribution >= 0.6 is 0 Å². The van der Waals surface area contributed by atoms with Crippen molar-refractivity contribution in [3.63, 3.8) is 0 Å². The van der Waals surface area contributed by atoms with Gasteiger partial charge in [0.25, 0.3) is 0 Å². The molecule has 0 aliphatic carbocycles. The van der Waals surface area contributed by atoms with E-state index in [2.05, 4.69) is 18.7 Å². The summed E-state index contributed by atoms with van der Waals surface area (Å²) < 4.78 is 5.51. The fourth-order valence-electron chi connectivity index (χ4n) is 3.23. The first kappa shape index (κ1) is 12.7. The van der Waals surface area contributed by atoms with Crippen LogP contribution < -0.4 is 5.73 Å². The molecule has 0 spiro atoms. The number of hydrogen-bond acceptors (Lipinski definition) is 3. The topological polar surface area (TPSA) is 42.4 Å². The molecule has 2 heterocycles. The summed E-state index contributed by atoms with van der Waals surface area (Å²) in [5.41, 5.74) is 6.55. The first-order chi connectivity index (χ1) is 8.24. The molecule has 3 nitrogen and oxygen atoms in total. The van der Waals surface area contributed by atoms with Crippen LogP contribution in [-0.4, -0.2) is 23.5 Å². The van der Waals surface area contributed by atoms with Gasteiger partial charge in [0.05, 0.1) is 12.3 Å². The lowest BCUT2D eigenvalue weighted by molar-refractivity contribution is 0.0688. The van der Waals surface area contributed by atoms with Gasteiger partial charge in [-0.25, -0.2) is 0 Å². The van der Waals surface area contributed by atoms with Gasteiger partial charge in [0, 0.05) is 5.54 Å². The van der Waals surface area contributed by atoms with E-state index in [1.165, 1.54) is 25.9 Å². The molecule has 1 fully saturated rings. The summed E-state index contributed by atoms with van der Waals surface area (Å²) in [6, 6.07) is 3.90. The lowest BCUT2D eigenvalue weighted by Gasteiger charge is -2.44. The van der Waals surface area contributed by atoms with Crippen LogP contribution in [0, 0.1) is 0 Å². The smallest absolute Gasteiger partial charge is 0.122 e. The molecule has 1 unspecified atom stereocenters. The Kier molecular flexibility index (Phi) is 3.89. The molecule has 0 radical (unpaired) electrons. The molecule has 96 valence electrons. The predicted molar refractivity (Wildman–Crippen MR) is 69.8 cm³/mol. The van der Waals surface area contributed by atoms with Gasteiger partial charge < -0.3 is 10.2 Å². The van der Waals surface area contributed by atoms with Crippen molar-refractivity contribution in [3.8, 4) is 0 Å². The van der Waals surface area contributed by atoms with Gasteiger partial charge in [0.2, 0.25) is 0 Å². The number of nitrogens with zero attached hydrogens (tertiary/aromatic N) is 1. The summed E-state index contributed by atoms with van der Waals surface area (Å²) in [6.07, 6.45) is 6.46. The second-order valence-electron chi connectivity index (χ2n) is 5.00. The number of furan rings is 1. The van der Waals surface area contributed by atoms with Gasteiger partial charge >= 0.3 is 0 Å². The maximum atomic E-state index is 6.48. The normalized spacial score (nSPS) is 19.7. The number of likely N-dealkylation sites (tertiary alicyclic amines) is 1. The number of rotatable bonds is 5. The van der Waals surface area contributed by atoms with Crippen LogP contribution in [0.25, 0.3) is 0 Å². The van der Waals surface area contributed by atoms with Gasteiger partial charge in [-0.15, -0.1) is 0 Å². The molecule has 1 aliphatic heterocycles. The van der Waals surface area contributed by atoms with Gasteiger partial charge in [-0.05, 0) is 50.9 Å². The molecule has 3 heteroatoms. The maximum Gasteiger partial charge on any atom is 0.122 e. The highest BCUT2D eigenvalue weighted by Crippen LogP contribution is 2.37. The standard InChI is InChI=1S/C14H24N2O/c1-3-14(4-2,16-9-5-6-10-16)13(15)12-8-7-11-17-12/h7-8,11,13H,3-6,9-10,15H2,1-2H3. The van der Waals surface area contributed by atoms with Crippen molar-refractivity contribution in [2.24, 2.45) is 5.73 Å². The Morgan fingerprint density at radius 2 is 2.00 bits per heavy atom. The van der Waals surface area contributed by atoms with Crippen molar-refractivity contribution in [2.75, 3.05) is 13.1 Å². The Balaban J connectivity index is 2.26. The summed E-state index contributed by atoms with van der Waals surface area (Å²) in [5.74, 6) is 0.917. The highest BCUT2D eigenvalue weighted by molar-refractivity contribution is 5.13. The Morgan fingerprint density at radius 3 is 2.47 bits per heavy atom. The Labute approximate surface area is 104 Å². The van der Waals surface area contributed by atoms with Crippen LogP contribution in [0.2, 0.25) is 0 Å². The first-order valence-corrected chi connectivity index (χ1v) is 6.78. The molecule has 17 heavy (non-hydrogen) atoms. The summed E-state index contributed by atoms with van der Waals surface area (Å²) in [6.45, 7) is 6.83. The summed E-state index contributed by atoms with van der Waals surface area (Å²) in [4.78, 5) is 2.57. The zero-order valence-electron chi connectivity index (χ0n) is 11.0. The zero-order chi connectivity index (χ0) is 12.3. The molecular formula is C14H24N2O. The molecule has 1 aliphatic rings. The van der Waals surface area contributed by atoms with Crippen LogP contribution in [0.1, 0.15) is 51.3 Å². The van der Waals surface area contributed by atoms with Crippen molar-refractivity contribution < 1.29 is 4.42 Å². The van der Waals surface area contributed by atoms with Gasteiger partial charge in [0.15, 0.2) is 0 Å². The Bertz CT molecular complexity index is 324. The second kappa shape index (κ2) is 5.23. The van der Waals surface area contributed by atoms with Gasteiger partial charge in [0.1, 0.15) is 5.76 Å². The van der Waals surface area contributed by atoms with E-state index < -0.39 is 0 Å². The van der Waals surface area contributed by atoms with Crippen molar-refractivity contribution in [1.82, 2.24) is 4.90 Å². The minimum atomic E-state index is -0.0226. The molecular weight excluding hydrogens is 212 g/mol. The molecule has 1 saturated heterocycles. The third-order valence-electron chi connectivity index (χ3n) is 4.39. The molecule has 1 aromatic rings. The van der Waals surface area contributed by atoms with Crippen LogP contribution in [0.5, 0.6) is 0 Å². The van der Waals surface area contributed by atoms with Gasteiger partial charge in [-0.2, -0.15) is 0 Å². The van der Waals surface area contributed by atoms with Crippen molar-refractivity contribution in [1.29, 1.82) is 0 Å². The minimum absolute atomic E-state index is 0.0226. The lowest BCUT2D eigenvalue weighted by Crippen LogP contribution is -2.53. The third kappa shape index (κ3) is 2.14. The van der Waals surface area contributed by atoms with E-state index >= 15 is 0 Å². The predicted octanol–water partition coefficient (Wildman–Crippen LogP) is 2.93. The highest BCUT2D eigenvalue weighted by atomic mass is 16.3. The second-order valence-corrected chi connectivity index (χ2v) is 5.00. The third-order valence-corrected chi connectivity index (χ3v) is 4.39. The van der Waals surface area contributed by atoms with Crippen LogP contribution in [0.4, 0.5) is 0 Å². The monoisotopic (exact) mass is 236 g/mol. The van der Waals surface area contributed by atoms with E-state index in [9.17, 15) is 0 Å². The Morgan fingerprint density at radius 1 is 1.35 bits per heavy atom. The number of nitrogens with two attached hydrogens (primary N) is 1. The van der Waals surface area contributed by atoms with E-state index in [0.29, 0.717) is 0 Å². The zero-order valence-corrected chi connectivity index (χ0v) is 11.0. The molecule has 1 atom stereocenters. The van der Waals surface area contributed by atoms with E-state index in [0.717, 1.165) is 18.6 Å². The molecule has 0 amide bonds. The SMILES string of the molecule is CCC(CC)(C(N)c1ccco1)N1CCCC1. The van der Waals surface area contributed by atoms with Gasteiger partial charge in [-0.3, -0.25) is 4.90 Å². The molecule has 2 N–H and O–H groups in total. The first-order valence-electron chi connectivity index (χ1n) is 6.78. The fourth-order valence-corrected chi connectivity index (χ4v) is 3.23. The van der Waals surface area contributed by atoms with Crippen molar-refractivity contribution in [2.45, 2.75) is 51.1 Å². The Hall–Kier alpha value is -0.800. The number of hydrogen-bond donors (Lipinski definition) is 1. The van der Waals surface area contributed by atoms with Crippen LogP contribution in [0.3, 0.4) is 0 Å². The van der Waals surface area contributed by atoms with E-state index in [1.807, 2.05) is 12.1 Å². The molecule has 1 aromatic heterocycles. The van der Waals surface area contributed by atoms with E-state index in [-0.39, 0.29) is 11.6 Å². The summed E-state index contributed by atoms with van der Waals surface area (Å²) in [5, 5.41) is 0. The van der Waals surface area contributed by atoms with E-state index in [1.54, 1.807) is 6.26 Å². The summed E-state index contributed by atoms with van der Waals surface area (Å²) in [7, 11) is 0. The maximum absolute atomic E-state index is 6.48. The average molecular weight is 236 g/mol. The van der Waals surface area contributed by atoms with Crippen LogP contribution in [0.15, 0.2) is 22.8 Å². The van der Waals surface area contributed by atoms with E-state index in [4.69, 9.17) is 10.2 Å². The van der Waals surface area contributed by atoms with Crippen molar-refractivity contribution >= 4 is 0 Å². The minimum Gasteiger partial charge on any atom is -0.468 e. The molecule has 2 rings (SSSR count). The highest BCUT2D eigenvalue weighted by Gasteiger charge is 2.42. The largest absolute Gasteiger partial charge is 0.468 e. The average Bonchev–Trinajstić information content (AvgIpc) is 3.04. The lowest BCUT2D eigenvalue weighted by atomic mass is 9.82. The molecule has 0 saturated carbocycles. The van der Waals surface area contributed by atoms with Crippen LogP contribution in [-0.2, 0) is 0 Å². The summed E-state index contributed by atoms with van der Waals surface area (Å²) >= 11 is 0. The quantitative estimate of drug-likeness (QED) is 0.854. The fraction of sp³-hybridized carbons (Fsp3) is 0.714. The van der Waals surface area contributed by atoms with Crippen molar-refractivity contribution in [3.05, 3.63) is 24.2 Å². The molecule has 0 bridgehead atoms. The van der Waals surface area contributed by atoms with Gasteiger partial charge in [-0.1, -0.05) is 13.8 Å². The molecule has 0 aromatic carbocycles.